The van der Waals surface area contributed by atoms with Gasteiger partial charge in [0.25, 0.3) is 5.91 Å². The van der Waals surface area contributed by atoms with Gasteiger partial charge in [0.15, 0.2) is 0 Å². The third-order valence-electron chi connectivity index (χ3n) is 5.81. The van der Waals surface area contributed by atoms with E-state index in [1.54, 1.807) is 4.90 Å². The number of amides is 1. The maximum absolute atomic E-state index is 13.8. The number of nitriles is 1. The first-order valence-electron chi connectivity index (χ1n) is 11.0. The molecule has 3 heterocycles. The lowest BCUT2D eigenvalue weighted by atomic mass is 10.00. The fourth-order valence-electron chi connectivity index (χ4n) is 4.17. The fraction of sp³-hybridized carbons (Fsp3) is 0.192. The van der Waals surface area contributed by atoms with Crippen LogP contribution < -0.4 is 11.1 Å². The second-order valence-electron chi connectivity index (χ2n) is 8.11. The van der Waals surface area contributed by atoms with Gasteiger partial charge in [0.05, 0.1) is 23.4 Å². The van der Waals surface area contributed by atoms with Crippen molar-refractivity contribution in [3.63, 3.8) is 0 Å². The summed E-state index contributed by atoms with van der Waals surface area (Å²) in [5.74, 6) is -0.00916. The van der Waals surface area contributed by atoms with Crippen LogP contribution in [-0.4, -0.2) is 42.1 Å². The predicted molar refractivity (Wildman–Crippen MR) is 135 cm³/mol. The van der Waals surface area contributed by atoms with Crippen molar-refractivity contribution < 1.29 is 9.53 Å². The summed E-state index contributed by atoms with van der Waals surface area (Å²) in [5, 5.41) is 14.0. The van der Waals surface area contributed by atoms with E-state index < -0.39 is 0 Å². The van der Waals surface area contributed by atoms with Gasteiger partial charge in [-0.25, -0.2) is 4.98 Å². The number of benzene rings is 2. The molecule has 1 aliphatic rings. The number of morpholine rings is 1. The van der Waals surface area contributed by atoms with Crippen LogP contribution in [0.4, 0.5) is 16.5 Å². The zero-order valence-corrected chi connectivity index (χ0v) is 19.5. The smallest absolute Gasteiger partial charge is 0.259 e. The summed E-state index contributed by atoms with van der Waals surface area (Å²) in [6.45, 7) is 4.04. The van der Waals surface area contributed by atoms with Crippen LogP contribution in [0.5, 0.6) is 0 Å². The minimum atomic E-state index is -0.125. The zero-order valence-electron chi connectivity index (χ0n) is 18.7. The Balaban J connectivity index is 1.77. The quantitative estimate of drug-likeness (QED) is 0.439. The van der Waals surface area contributed by atoms with E-state index in [-0.39, 0.29) is 11.7 Å². The van der Waals surface area contributed by atoms with Crippen molar-refractivity contribution in [2.24, 2.45) is 0 Å². The van der Waals surface area contributed by atoms with Gasteiger partial charge in [-0.05, 0) is 30.2 Å². The Kier molecular flexibility index (Phi) is 5.88. The Labute approximate surface area is 201 Å². The standard InChI is InChI=1S/C26H23N5O2S/c1-16-6-5-9-18(14-16)29-25-21(26(32)31-10-12-33-13-11-31)22-23(34-25)20(17-7-3-2-4-8-17)19(15-27)24(28)30-22/h2-9,14,29H,10-13H2,1H3,(H2,28,30). The number of anilines is 3. The lowest BCUT2D eigenvalue weighted by Crippen LogP contribution is -2.40. The molecular weight excluding hydrogens is 446 g/mol. The molecular formula is C26H23N5O2S. The number of nitrogens with zero attached hydrogens (tertiary/aromatic N) is 3. The van der Waals surface area contributed by atoms with Gasteiger partial charge >= 0.3 is 0 Å². The summed E-state index contributed by atoms with van der Waals surface area (Å²) in [5.41, 5.74) is 11.1. The molecule has 4 aromatic rings. The Morgan fingerprint density at radius 3 is 2.65 bits per heavy atom. The minimum absolute atomic E-state index is 0.116. The minimum Gasteiger partial charge on any atom is -0.383 e. The number of carbonyl (C=O) groups is 1. The highest BCUT2D eigenvalue weighted by molar-refractivity contribution is 7.24. The van der Waals surface area contributed by atoms with E-state index in [4.69, 9.17) is 10.5 Å². The molecule has 8 heteroatoms. The number of aryl methyl sites for hydroxylation is 1. The molecule has 0 atom stereocenters. The number of hydrogen-bond donors (Lipinski definition) is 2. The number of carbonyl (C=O) groups excluding carboxylic acids is 1. The van der Waals surface area contributed by atoms with Gasteiger partial charge in [0.1, 0.15) is 28.0 Å². The maximum Gasteiger partial charge on any atom is 0.259 e. The molecule has 1 amide bonds. The van der Waals surface area contributed by atoms with Crippen LogP contribution in [0.15, 0.2) is 54.6 Å². The largest absolute Gasteiger partial charge is 0.383 e. The number of fused-ring (bicyclic) bond motifs is 1. The number of ether oxygens (including phenoxy) is 1. The molecule has 170 valence electrons. The summed E-state index contributed by atoms with van der Waals surface area (Å²) >= 11 is 1.42. The van der Waals surface area contributed by atoms with E-state index >= 15 is 0 Å². The monoisotopic (exact) mass is 469 g/mol. The first kappa shape index (κ1) is 21.9. The Bertz CT molecular complexity index is 1420. The number of hydrogen-bond acceptors (Lipinski definition) is 7. The highest BCUT2D eigenvalue weighted by Gasteiger charge is 2.29. The Morgan fingerprint density at radius 2 is 1.94 bits per heavy atom. The SMILES string of the molecule is Cc1cccc(Nc2sc3c(-c4ccccc4)c(C#N)c(N)nc3c2C(=O)N2CCOCC2)c1. The average molecular weight is 470 g/mol. The van der Waals surface area contributed by atoms with Gasteiger partial charge in [-0.2, -0.15) is 5.26 Å². The summed E-state index contributed by atoms with van der Waals surface area (Å²) in [7, 11) is 0. The molecule has 1 aliphatic heterocycles. The lowest BCUT2D eigenvalue weighted by molar-refractivity contribution is 0.0305. The van der Waals surface area contributed by atoms with Crippen LogP contribution in [0.1, 0.15) is 21.5 Å². The molecule has 2 aromatic heterocycles. The van der Waals surface area contributed by atoms with Crippen LogP contribution in [0.25, 0.3) is 21.3 Å². The third-order valence-corrected chi connectivity index (χ3v) is 6.92. The second-order valence-corrected chi connectivity index (χ2v) is 9.13. The van der Waals surface area contributed by atoms with E-state index in [1.165, 1.54) is 11.3 Å². The van der Waals surface area contributed by atoms with Crippen molar-refractivity contribution in [1.29, 1.82) is 5.26 Å². The summed E-state index contributed by atoms with van der Waals surface area (Å²) in [6.07, 6.45) is 0. The highest BCUT2D eigenvalue weighted by Crippen LogP contribution is 2.44. The number of pyridine rings is 1. The van der Waals surface area contributed by atoms with Gasteiger partial charge in [0, 0.05) is 24.3 Å². The van der Waals surface area contributed by atoms with Gasteiger partial charge in [-0.15, -0.1) is 11.3 Å². The number of nitrogens with two attached hydrogens (primary N) is 1. The van der Waals surface area contributed by atoms with E-state index in [2.05, 4.69) is 16.4 Å². The molecule has 0 radical (unpaired) electrons. The molecule has 5 rings (SSSR count). The molecule has 3 N–H and O–H groups in total. The van der Waals surface area contributed by atoms with E-state index in [0.717, 1.165) is 21.5 Å². The van der Waals surface area contributed by atoms with Crippen LogP contribution in [0.3, 0.4) is 0 Å². The lowest BCUT2D eigenvalue weighted by Gasteiger charge is -2.27. The van der Waals surface area contributed by atoms with Crippen LogP contribution in [0, 0.1) is 18.3 Å². The highest BCUT2D eigenvalue weighted by atomic mass is 32.1. The number of rotatable bonds is 4. The van der Waals surface area contributed by atoms with Crippen molar-refractivity contribution in [2.45, 2.75) is 6.92 Å². The molecule has 0 aliphatic carbocycles. The molecule has 0 spiro atoms. The topological polar surface area (TPSA) is 104 Å². The van der Waals surface area contributed by atoms with E-state index in [1.807, 2.05) is 61.5 Å². The Hall–Kier alpha value is -3.93. The van der Waals surface area contributed by atoms with Crippen molar-refractivity contribution in [3.05, 3.63) is 71.3 Å². The molecule has 34 heavy (non-hydrogen) atoms. The molecule has 7 nitrogen and oxygen atoms in total. The number of nitrogen functional groups attached to an aromatic ring is 1. The molecule has 0 bridgehead atoms. The van der Waals surface area contributed by atoms with Gasteiger partial charge in [-0.1, -0.05) is 42.5 Å². The maximum atomic E-state index is 13.8. The predicted octanol–water partition coefficient (Wildman–Crippen LogP) is 4.94. The molecule has 0 saturated carbocycles. The van der Waals surface area contributed by atoms with Gasteiger partial charge < -0.3 is 20.7 Å². The van der Waals surface area contributed by atoms with Gasteiger partial charge in [0.2, 0.25) is 0 Å². The van der Waals surface area contributed by atoms with Crippen molar-refractivity contribution in [1.82, 2.24) is 9.88 Å². The van der Waals surface area contributed by atoms with Gasteiger partial charge in [-0.3, -0.25) is 4.79 Å². The molecule has 2 aromatic carbocycles. The molecule has 0 unspecified atom stereocenters. The first-order valence-corrected chi connectivity index (χ1v) is 11.8. The fourth-order valence-corrected chi connectivity index (χ4v) is 5.40. The molecule has 1 fully saturated rings. The van der Waals surface area contributed by atoms with Crippen molar-refractivity contribution in [2.75, 3.05) is 37.4 Å². The number of nitrogens with one attached hydrogen (secondary N) is 1. The van der Waals surface area contributed by atoms with Crippen molar-refractivity contribution >= 4 is 44.0 Å². The van der Waals surface area contributed by atoms with E-state index in [9.17, 15) is 10.1 Å². The number of aromatic nitrogens is 1. The van der Waals surface area contributed by atoms with Crippen LogP contribution >= 0.6 is 11.3 Å². The summed E-state index contributed by atoms with van der Waals surface area (Å²) in [6, 6.07) is 19.8. The van der Waals surface area contributed by atoms with E-state index in [0.29, 0.717) is 53.5 Å². The third kappa shape index (κ3) is 3.96. The molecule has 1 saturated heterocycles. The second kappa shape index (κ2) is 9.14. The zero-order chi connectivity index (χ0) is 23.7. The van der Waals surface area contributed by atoms with Crippen LogP contribution in [-0.2, 0) is 4.74 Å². The summed E-state index contributed by atoms with van der Waals surface area (Å²) < 4.78 is 6.19. The number of thiophene rings is 1. The summed E-state index contributed by atoms with van der Waals surface area (Å²) in [4.78, 5) is 20.1. The van der Waals surface area contributed by atoms with Crippen molar-refractivity contribution in [3.8, 4) is 17.2 Å². The first-order chi connectivity index (χ1) is 16.6. The Morgan fingerprint density at radius 1 is 1.18 bits per heavy atom. The normalized spacial score (nSPS) is 13.6. The van der Waals surface area contributed by atoms with Crippen LogP contribution in [0.2, 0.25) is 0 Å². The average Bonchev–Trinajstić information content (AvgIpc) is 3.20.